The molecule has 0 radical (unpaired) electrons. The zero-order chi connectivity index (χ0) is 25.8. The Kier molecular flexibility index (Phi) is 7.03. The second-order valence-electron chi connectivity index (χ2n) is 7.56. The Labute approximate surface area is 211 Å². The molecule has 0 saturated heterocycles. The number of nitrogens with two attached hydrogens (primary N) is 1. The van der Waals surface area contributed by atoms with Crippen molar-refractivity contribution in [1.29, 1.82) is 0 Å². The summed E-state index contributed by atoms with van der Waals surface area (Å²) < 4.78 is 10.2. The Hall–Kier alpha value is -4.63. The van der Waals surface area contributed by atoms with Crippen molar-refractivity contribution < 1.29 is 28.7 Å². The molecular formula is C26H20ClN3O6. The summed E-state index contributed by atoms with van der Waals surface area (Å²) in [4.78, 5) is 50.8. The highest BCUT2D eigenvalue weighted by Crippen LogP contribution is 2.30. The van der Waals surface area contributed by atoms with Crippen LogP contribution in [0.4, 0.5) is 17.1 Å². The van der Waals surface area contributed by atoms with Gasteiger partial charge in [0.15, 0.2) is 0 Å². The smallest absolute Gasteiger partial charge is 0.343 e. The standard InChI is InChI=1S/C26H20ClN3O6/c1-2-35-25(33)15-5-11-19(12-6-15)30-23(31)21(27)22(24(30)32)29-18-9-3-16(4-10-18)26(34)36-20-13-7-17(28)8-14-20/h3-14,29H,2,28H2,1H3. The number of nitrogen functional groups attached to an aromatic ring is 1. The topological polar surface area (TPSA) is 128 Å². The second-order valence-corrected chi connectivity index (χ2v) is 7.94. The maximum atomic E-state index is 13.0. The molecule has 0 saturated carbocycles. The molecule has 0 bridgehead atoms. The van der Waals surface area contributed by atoms with Gasteiger partial charge in [-0.05, 0) is 79.7 Å². The van der Waals surface area contributed by atoms with E-state index in [0.29, 0.717) is 17.1 Å². The molecule has 0 atom stereocenters. The van der Waals surface area contributed by atoms with Crippen LogP contribution in [0.5, 0.6) is 5.75 Å². The van der Waals surface area contributed by atoms with E-state index >= 15 is 0 Å². The van der Waals surface area contributed by atoms with Gasteiger partial charge in [0, 0.05) is 11.4 Å². The first kappa shape index (κ1) is 24.5. The highest BCUT2D eigenvalue weighted by molar-refractivity contribution is 6.53. The molecule has 0 aliphatic carbocycles. The number of amides is 2. The highest BCUT2D eigenvalue weighted by Gasteiger charge is 2.39. The molecule has 0 unspecified atom stereocenters. The summed E-state index contributed by atoms with van der Waals surface area (Å²) in [6, 6.07) is 18.3. The molecule has 3 aromatic rings. The lowest BCUT2D eigenvalue weighted by Gasteiger charge is -2.15. The summed E-state index contributed by atoms with van der Waals surface area (Å²) in [7, 11) is 0. The lowest BCUT2D eigenvalue weighted by Crippen LogP contribution is -2.32. The van der Waals surface area contributed by atoms with E-state index in [0.717, 1.165) is 4.90 Å². The summed E-state index contributed by atoms with van der Waals surface area (Å²) in [5.74, 6) is -2.12. The van der Waals surface area contributed by atoms with Crippen LogP contribution in [0.25, 0.3) is 0 Å². The van der Waals surface area contributed by atoms with Gasteiger partial charge in [-0.1, -0.05) is 11.6 Å². The first-order valence-corrected chi connectivity index (χ1v) is 11.2. The first-order chi connectivity index (χ1) is 17.3. The van der Waals surface area contributed by atoms with Crippen LogP contribution in [-0.2, 0) is 14.3 Å². The lowest BCUT2D eigenvalue weighted by atomic mass is 10.2. The fourth-order valence-electron chi connectivity index (χ4n) is 3.34. The number of hydrogen-bond acceptors (Lipinski definition) is 8. The van der Waals surface area contributed by atoms with Crippen LogP contribution in [-0.4, -0.2) is 30.4 Å². The molecule has 182 valence electrons. The summed E-state index contributed by atoms with van der Waals surface area (Å²) in [5.41, 5.74) is 7.28. The van der Waals surface area contributed by atoms with E-state index in [1.807, 2.05) is 0 Å². The normalized spacial score (nSPS) is 13.1. The summed E-state index contributed by atoms with van der Waals surface area (Å²) >= 11 is 6.17. The van der Waals surface area contributed by atoms with Crippen molar-refractivity contribution in [2.24, 2.45) is 0 Å². The van der Waals surface area contributed by atoms with Crippen molar-refractivity contribution in [2.45, 2.75) is 6.92 Å². The minimum absolute atomic E-state index is 0.117. The number of benzene rings is 3. The fourth-order valence-corrected chi connectivity index (χ4v) is 3.56. The predicted octanol–water partition coefficient (Wildman–Crippen LogP) is 4.10. The molecule has 10 heteroatoms. The van der Waals surface area contributed by atoms with Crippen LogP contribution in [0, 0.1) is 0 Å². The molecule has 1 aliphatic heterocycles. The largest absolute Gasteiger partial charge is 0.462 e. The lowest BCUT2D eigenvalue weighted by molar-refractivity contribution is -0.120. The van der Waals surface area contributed by atoms with E-state index in [1.165, 1.54) is 36.4 Å². The number of esters is 2. The van der Waals surface area contributed by atoms with Crippen LogP contribution >= 0.6 is 11.6 Å². The number of carbonyl (C=O) groups excluding carboxylic acids is 4. The predicted molar refractivity (Wildman–Crippen MR) is 134 cm³/mol. The van der Waals surface area contributed by atoms with Gasteiger partial charge in [0.25, 0.3) is 11.8 Å². The first-order valence-electron chi connectivity index (χ1n) is 10.8. The number of ether oxygens (including phenoxy) is 2. The number of hydrogen-bond donors (Lipinski definition) is 2. The SMILES string of the molecule is CCOC(=O)c1ccc(N2C(=O)C(Cl)=C(Nc3ccc(C(=O)Oc4ccc(N)cc4)cc3)C2=O)cc1. The minimum atomic E-state index is -0.711. The van der Waals surface area contributed by atoms with Crippen LogP contribution in [0.3, 0.4) is 0 Å². The van der Waals surface area contributed by atoms with Gasteiger partial charge in [0.2, 0.25) is 0 Å². The van der Waals surface area contributed by atoms with Gasteiger partial charge >= 0.3 is 11.9 Å². The number of imide groups is 1. The number of anilines is 3. The molecule has 3 N–H and O–H groups in total. The number of halogens is 1. The molecule has 2 amide bonds. The maximum Gasteiger partial charge on any atom is 0.343 e. The van der Waals surface area contributed by atoms with Crippen molar-refractivity contribution >= 4 is 52.4 Å². The molecular weight excluding hydrogens is 486 g/mol. The Balaban J connectivity index is 1.45. The van der Waals surface area contributed by atoms with E-state index in [9.17, 15) is 19.2 Å². The Bertz CT molecular complexity index is 1370. The van der Waals surface area contributed by atoms with E-state index < -0.39 is 23.8 Å². The molecule has 0 spiro atoms. The van der Waals surface area contributed by atoms with Crippen LogP contribution in [0.2, 0.25) is 0 Å². The third-order valence-corrected chi connectivity index (χ3v) is 5.50. The average molecular weight is 506 g/mol. The third-order valence-electron chi connectivity index (χ3n) is 5.14. The van der Waals surface area contributed by atoms with Crippen molar-refractivity contribution in [3.63, 3.8) is 0 Å². The van der Waals surface area contributed by atoms with Gasteiger partial charge in [-0.15, -0.1) is 0 Å². The molecule has 4 rings (SSSR count). The second kappa shape index (κ2) is 10.3. The maximum absolute atomic E-state index is 13.0. The minimum Gasteiger partial charge on any atom is -0.462 e. The average Bonchev–Trinajstić information content (AvgIpc) is 3.09. The number of carbonyl (C=O) groups is 4. The number of nitrogens with zero attached hydrogens (tertiary/aromatic N) is 1. The van der Waals surface area contributed by atoms with E-state index in [1.54, 1.807) is 43.3 Å². The van der Waals surface area contributed by atoms with Gasteiger partial charge in [0.1, 0.15) is 16.5 Å². The molecule has 9 nitrogen and oxygen atoms in total. The monoisotopic (exact) mass is 505 g/mol. The van der Waals surface area contributed by atoms with Crippen LogP contribution in [0.1, 0.15) is 27.6 Å². The molecule has 36 heavy (non-hydrogen) atoms. The van der Waals surface area contributed by atoms with E-state index in [-0.39, 0.29) is 34.2 Å². The van der Waals surface area contributed by atoms with E-state index in [2.05, 4.69) is 5.32 Å². The summed E-state index contributed by atoms with van der Waals surface area (Å²) in [6.45, 7) is 1.92. The zero-order valence-corrected chi connectivity index (χ0v) is 19.7. The van der Waals surface area contributed by atoms with Crippen molar-refractivity contribution in [1.82, 2.24) is 0 Å². The molecule has 0 aromatic heterocycles. The van der Waals surface area contributed by atoms with Gasteiger partial charge in [0.05, 0.1) is 23.4 Å². The molecule has 1 heterocycles. The Morgan fingerprint density at radius 3 is 2.06 bits per heavy atom. The third kappa shape index (κ3) is 5.06. The summed E-state index contributed by atoms with van der Waals surface area (Å²) in [6.07, 6.45) is 0. The van der Waals surface area contributed by atoms with Crippen molar-refractivity contribution in [2.75, 3.05) is 22.6 Å². The van der Waals surface area contributed by atoms with Gasteiger partial charge in [-0.25, -0.2) is 14.5 Å². The molecule has 0 fully saturated rings. The van der Waals surface area contributed by atoms with Crippen LogP contribution in [0.15, 0.2) is 83.5 Å². The Morgan fingerprint density at radius 1 is 0.861 bits per heavy atom. The van der Waals surface area contributed by atoms with E-state index in [4.69, 9.17) is 26.8 Å². The van der Waals surface area contributed by atoms with Crippen molar-refractivity contribution in [3.8, 4) is 5.75 Å². The van der Waals surface area contributed by atoms with Crippen molar-refractivity contribution in [3.05, 3.63) is 94.7 Å². The summed E-state index contributed by atoms with van der Waals surface area (Å²) in [5, 5.41) is 2.54. The fraction of sp³-hybridized carbons (Fsp3) is 0.0769. The van der Waals surface area contributed by atoms with Gasteiger partial charge < -0.3 is 20.5 Å². The molecule has 3 aromatic carbocycles. The number of rotatable bonds is 7. The number of nitrogens with one attached hydrogen (secondary N) is 1. The quantitative estimate of drug-likeness (QED) is 0.212. The highest BCUT2D eigenvalue weighted by atomic mass is 35.5. The van der Waals surface area contributed by atoms with Crippen LogP contribution < -0.4 is 20.7 Å². The zero-order valence-electron chi connectivity index (χ0n) is 19.0. The Morgan fingerprint density at radius 2 is 1.44 bits per heavy atom. The van der Waals surface area contributed by atoms with Gasteiger partial charge in [-0.3, -0.25) is 9.59 Å². The van der Waals surface area contributed by atoms with Gasteiger partial charge in [-0.2, -0.15) is 0 Å². The molecule has 1 aliphatic rings.